The van der Waals surface area contributed by atoms with Crippen LogP contribution in [-0.4, -0.2) is 21.5 Å². The second kappa shape index (κ2) is 7.10. The van der Waals surface area contributed by atoms with Gasteiger partial charge in [-0.05, 0) is 42.0 Å². The van der Waals surface area contributed by atoms with Crippen LogP contribution in [0.5, 0.6) is 0 Å². The third-order valence-corrected chi connectivity index (χ3v) is 4.63. The van der Waals surface area contributed by atoms with E-state index in [4.69, 9.17) is 0 Å². The monoisotopic (exact) mass is 390 g/mol. The van der Waals surface area contributed by atoms with E-state index in [9.17, 15) is 9.18 Å². The molecule has 0 saturated carbocycles. The van der Waals surface area contributed by atoms with Crippen molar-refractivity contribution >= 4 is 33.5 Å². The van der Waals surface area contributed by atoms with Crippen molar-refractivity contribution in [2.24, 2.45) is 0 Å². The molecule has 1 N–H and O–H groups in total. The number of Topliss-reactive ketones (excluding diaryl/α,β-unsaturated/α-hetero) is 1. The number of H-pyrrole nitrogens is 1. The van der Waals surface area contributed by atoms with Crippen LogP contribution >= 0.6 is 27.7 Å². The highest BCUT2D eigenvalue weighted by Gasteiger charge is 2.09. The van der Waals surface area contributed by atoms with Gasteiger partial charge in [-0.25, -0.2) is 9.37 Å². The van der Waals surface area contributed by atoms with Crippen molar-refractivity contribution in [1.82, 2.24) is 9.97 Å². The van der Waals surface area contributed by atoms with Crippen molar-refractivity contribution < 1.29 is 9.18 Å². The molecule has 0 saturated heterocycles. The smallest absolute Gasteiger partial charge is 0.173 e. The van der Waals surface area contributed by atoms with Gasteiger partial charge in [-0.1, -0.05) is 39.8 Å². The molecule has 1 heterocycles. The summed E-state index contributed by atoms with van der Waals surface area (Å²) in [5.74, 6) is -0.158. The molecule has 0 amide bonds. The average molecular weight is 391 g/mol. The lowest BCUT2D eigenvalue weighted by molar-refractivity contribution is 0.102. The Labute approximate surface area is 145 Å². The zero-order chi connectivity index (χ0) is 16.2. The Morgan fingerprint density at radius 3 is 2.52 bits per heavy atom. The van der Waals surface area contributed by atoms with Gasteiger partial charge < -0.3 is 4.98 Å². The molecule has 0 fully saturated rings. The van der Waals surface area contributed by atoms with Crippen LogP contribution in [0.15, 0.2) is 64.4 Å². The van der Waals surface area contributed by atoms with E-state index in [1.165, 1.54) is 36.0 Å². The zero-order valence-corrected chi connectivity index (χ0v) is 14.3. The van der Waals surface area contributed by atoms with Gasteiger partial charge in [-0.15, -0.1) is 0 Å². The van der Waals surface area contributed by atoms with E-state index in [0.29, 0.717) is 10.7 Å². The highest BCUT2D eigenvalue weighted by Crippen LogP contribution is 2.23. The quantitative estimate of drug-likeness (QED) is 0.494. The van der Waals surface area contributed by atoms with E-state index >= 15 is 0 Å². The fraction of sp³-hybridized carbons (Fsp3) is 0.0588. The van der Waals surface area contributed by atoms with Crippen molar-refractivity contribution in [2.45, 2.75) is 5.16 Å². The summed E-state index contributed by atoms with van der Waals surface area (Å²) in [6.45, 7) is 0. The van der Waals surface area contributed by atoms with E-state index in [1.807, 2.05) is 24.3 Å². The molecule has 3 aromatic rings. The first kappa shape index (κ1) is 16.0. The summed E-state index contributed by atoms with van der Waals surface area (Å²) in [4.78, 5) is 19.5. The van der Waals surface area contributed by atoms with Gasteiger partial charge >= 0.3 is 0 Å². The van der Waals surface area contributed by atoms with E-state index in [2.05, 4.69) is 25.9 Å². The van der Waals surface area contributed by atoms with Gasteiger partial charge in [0.1, 0.15) is 5.82 Å². The van der Waals surface area contributed by atoms with Gasteiger partial charge in [0, 0.05) is 10.0 Å². The molecular formula is C17H12BrFN2OS. The molecular weight excluding hydrogens is 379 g/mol. The molecule has 116 valence electrons. The highest BCUT2D eigenvalue weighted by molar-refractivity contribution is 9.10. The van der Waals surface area contributed by atoms with Crippen molar-refractivity contribution in [3.63, 3.8) is 0 Å². The second-order valence-corrected chi connectivity index (χ2v) is 6.71. The van der Waals surface area contributed by atoms with Crippen LogP contribution in [0.25, 0.3) is 11.3 Å². The Kier molecular flexibility index (Phi) is 4.93. The highest BCUT2D eigenvalue weighted by atomic mass is 79.9. The number of hydrogen-bond acceptors (Lipinski definition) is 3. The number of aromatic nitrogens is 2. The maximum absolute atomic E-state index is 12.9. The maximum atomic E-state index is 12.9. The normalized spacial score (nSPS) is 10.7. The Morgan fingerprint density at radius 1 is 1.13 bits per heavy atom. The maximum Gasteiger partial charge on any atom is 0.173 e. The third kappa shape index (κ3) is 4.09. The Bertz CT molecular complexity index is 815. The van der Waals surface area contributed by atoms with Gasteiger partial charge in [-0.3, -0.25) is 4.79 Å². The molecule has 3 nitrogen and oxygen atoms in total. The second-order valence-electron chi connectivity index (χ2n) is 4.83. The first-order chi connectivity index (χ1) is 11.1. The molecule has 0 atom stereocenters. The van der Waals surface area contributed by atoms with E-state index in [-0.39, 0.29) is 17.4 Å². The van der Waals surface area contributed by atoms with Crippen molar-refractivity contribution in [3.05, 3.63) is 70.6 Å². The Balaban J connectivity index is 1.64. The first-order valence-corrected chi connectivity index (χ1v) is 8.62. The fourth-order valence-electron chi connectivity index (χ4n) is 2.01. The Morgan fingerprint density at radius 2 is 1.83 bits per heavy atom. The number of halogens is 2. The topological polar surface area (TPSA) is 45.8 Å². The molecule has 0 bridgehead atoms. The number of imidazole rings is 1. The predicted octanol–water partition coefficient (Wildman–Crippen LogP) is 4.95. The summed E-state index contributed by atoms with van der Waals surface area (Å²) >= 11 is 4.73. The van der Waals surface area contributed by atoms with Gasteiger partial charge in [0.15, 0.2) is 10.9 Å². The number of carbonyl (C=O) groups excluding carboxylic acids is 1. The van der Waals surface area contributed by atoms with Crippen LogP contribution in [0.3, 0.4) is 0 Å². The SMILES string of the molecule is O=C(CSc1ncc(-c2ccc(Br)cc2)[nH]1)c1ccc(F)cc1. The lowest BCUT2D eigenvalue weighted by atomic mass is 10.1. The van der Waals surface area contributed by atoms with Crippen LogP contribution in [0.4, 0.5) is 4.39 Å². The lowest BCUT2D eigenvalue weighted by Crippen LogP contribution is -2.02. The molecule has 0 radical (unpaired) electrons. The number of rotatable bonds is 5. The molecule has 2 aromatic carbocycles. The van der Waals surface area contributed by atoms with Crippen LogP contribution < -0.4 is 0 Å². The van der Waals surface area contributed by atoms with Crippen molar-refractivity contribution in [1.29, 1.82) is 0 Å². The van der Waals surface area contributed by atoms with Crippen LogP contribution in [0, 0.1) is 5.82 Å². The van der Waals surface area contributed by atoms with Crippen molar-refractivity contribution in [3.8, 4) is 11.3 Å². The van der Waals surface area contributed by atoms with Crippen LogP contribution in [0.1, 0.15) is 10.4 Å². The lowest BCUT2D eigenvalue weighted by Gasteiger charge is -2.00. The number of thioether (sulfide) groups is 1. The summed E-state index contributed by atoms with van der Waals surface area (Å²) in [5, 5.41) is 0.679. The summed E-state index contributed by atoms with van der Waals surface area (Å²) < 4.78 is 13.9. The fourth-order valence-corrected chi connectivity index (χ4v) is 3.01. The van der Waals surface area contributed by atoms with Gasteiger partial charge in [0.05, 0.1) is 17.6 Å². The molecule has 0 spiro atoms. The average Bonchev–Trinajstić information content (AvgIpc) is 3.03. The van der Waals surface area contributed by atoms with Crippen molar-refractivity contribution in [2.75, 3.05) is 5.75 Å². The number of ketones is 1. The largest absolute Gasteiger partial charge is 0.333 e. The first-order valence-electron chi connectivity index (χ1n) is 6.84. The van der Waals surface area contributed by atoms with E-state index in [0.717, 1.165) is 15.7 Å². The summed E-state index contributed by atoms with van der Waals surface area (Å²) in [6, 6.07) is 13.4. The number of nitrogens with one attached hydrogen (secondary N) is 1. The molecule has 6 heteroatoms. The minimum atomic E-state index is -0.348. The molecule has 1 aromatic heterocycles. The molecule has 3 rings (SSSR count). The molecule has 23 heavy (non-hydrogen) atoms. The minimum absolute atomic E-state index is 0.0587. The summed E-state index contributed by atoms with van der Waals surface area (Å²) in [6.07, 6.45) is 1.74. The van der Waals surface area contributed by atoms with Gasteiger partial charge in [0.2, 0.25) is 0 Å². The Hall–Kier alpha value is -1.92. The standard InChI is InChI=1S/C17H12BrFN2OS/c18-13-5-1-11(2-6-13)15-9-20-17(21-15)23-10-16(22)12-3-7-14(19)8-4-12/h1-9H,10H2,(H,20,21). The number of benzene rings is 2. The predicted molar refractivity (Wildman–Crippen MR) is 93.2 cm³/mol. The number of hydrogen-bond donors (Lipinski definition) is 1. The van der Waals surface area contributed by atoms with E-state index < -0.39 is 0 Å². The molecule has 0 aliphatic heterocycles. The number of carbonyl (C=O) groups is 1. The molecule has 0 aliphatic carbocycles. The van der Waals surface area contributed by atoms with Gasteiger partial charge in [0.25, 0.3) is 0 Å². The number of aromatic amines is 1. The minimum Gasteiger partial charge on any atom is -0.333 e. The van der Waals surface area contributed by atoms with E-state index in [1.54, 1.807) is 6.20 Å². The summed E-state index contributed by atoms with van der Waals surface area (Å²) in [7, 11) is 0. The zero-order valence-electron chi connectivity index (χ0n) is 11.9. The third-order valence-electron chi connectivity index (χ3n) is 3.21. The van der Waals surface area contributed by atoms with Crippen LogP contribution in [0.2, 0.25) is 0 Å². The van der Waals surface area contributed by atoms with Gasteiger partial charge in [-0.2, -0.15) is 0 Å². The molecule has 0 aliphatic rings. The molecule has 0 unspecified atom stereocenters. The number of nitrogens with zero attached hydrogens (tertiary/aromatic N) is 1. The van der Waals surface area contributed by atoms with Crippen LogP contribution in [-0.2, 0) is 0 Å². The summed E-state index contributed by atoms with van der Waals surface area (Å²) in [5.41, 5.74) is 2.42.